The van der Waals surface area contributed by atoms with Crippen molar-refractivity contribution in [2.75, 3.05) is 6.61 Å². The number of aromatic amines is 1. The van der Waals surface area contributed by atoms with Crippen molar-refractivity contribution >= 4 is 24.7 Å². The molecule has 20 heavy (non-hydrogen) atoms. The van der Waals surface area contributed by atoms with Crippen LogP contribution in [0.3, 0.4) is 0 Å². The highest BCUT2D eigenvalue weighted by molar-refractivity contribution is 7.99. The van der Waals surface area contributed by atoms with E-state index in [0.29, 0.717) is 4.90 Å². The third-order valence-corrected chi connectivity index (χ3v) is 4.97. The molecular formula is C13H14NO4PS. The quantitative estimate of drug-likeness (QED) is 0.829. The number of hydrogen-bond acceptors (Lipinski definition) is 4. The normalized spacial score (nSPS) is 13.9. The molecule has 0 aliphatic rings. The van der Waals surface area contributed by atoms with Gasteiger partial charge in [-0.2, -0.15) is 0 Å². The Labute approximate surface area is 120 Å². The summed E-state index contributed by atoms with van der Waals surface area (Å²) in [5.41, 5.74) is -0.610. The lowest BCUT2D eigenvalue weighted by Gasteiger charge is -2.10. The van der Waals surface area contributed by atoms with Gasteiger partial charge in [-0.15, -0.1) is 0 Å². The molecule has 5 nitrogen and oxygen atoms in total. The van der Waals surface area contributed by atoms with E-state index in [4.69, 9.17) is 4.52 Å². The van der Waals surface area contributed by atoms with E-state index in [1.807, 2.05) is 30.3 Å². The highest BCUT2D eigenvalue weighted by atomic mass is 32.2. The molecule has 1 atom stereocenters. The fourth-order valence-corrected chi connectivity index (χ4v) is 3.65. The van der Waals surface area contributed by atoms with E-state index in [9.17, 15) is 14.3 Å². The van der Waals surface area contributed by atoms with Crippen LogP contribution in [-0.4, -0.2) is 16.5 Å². The first kappa shape index (κ1) is 15.1. The van der Waals surface area contributed by atoms with Gasteiger partial charge in [0.2, 0.25) is 0 Å². The number of rotatable bonds is 5. The number of H-pyrrole nitrogens is 1. The Morgan fingerprint density at radius 1 is 1.30 bits per heavy atom. The first-order chi connectivity index (χ1) is 9.53. The maximum atomic E-state index is 11.9. The van der Waals surface area contributed by atoms with Gasteiger partial charge in [-0.25, -0.2) is 0 Å². The van der Waals surface area contributed by atoms with Crippen molar-refractivity contribution in [1.29, 1.82) is 0 Å². The first-order valence-corrected chi connectivity index (χ1v) is 8.36. The van der Waals surface area contributed by atoms with Gasteiger partial charge >= 0.3 is 7.60 Å². The van der Waals surface area contributed by atoms with Gasteiger partial charge in [0.05, 0.1) is 6.61 Å². The van der Waals surface area contributed by atoms with Crippen LogP contribution in [-0.2, 0) is 9.09 Å². The van der Waals surface area contributed by atoms with Crippen LogP contribution in [0.1, 0.15) is 6.92 Å². The van der Waals surface area contributed by atoms with Crippen molar-refractivity contribution in [2.24, 2.45) is 0 Å². The van der Waals surface area contributed by atoms with Gasteiger partial charge in [0.25, 0.3) is 5.56 Å². The van der Waals surface area contributed by atoms with E-state index >= 15 is 0 Å². The molecule has 0 saturated carbocycles. The summed E-state index contributed by atoms with van der Waals surface area (Å²) >= 11 is 1.39. The molecule has 0 aliphatic carbocycles. The summed E-state index contributed by atoms with van der Waals surface area (Å²) in [6.45, 7) is 1.66. The molecule has 1 unspecified atom stereocenters. The first-order valence-electron chi connectivity index (χ1n) is 5.96. The van der Waals surface area contributed by atoms with E-state index in [1.54, 1.807) is 6.92 Å². The van der Waals surface area contributed by atoms with E-state index in [1.165, 1.54) is 24.0 Å². The molecule has 2 N–H and O–H groups in total. The molecule has 7 heteroatoms. The van der Waals surface area contributed by atoms with Crippen molar-refractivity contribution in [2.45, 2.75) is 16.7 Å². The lowest BCUT2D eigenvalue weighted by molar-refractivity contribution is 0.284. The average molecular weight is 311 g/mol. The Kier molecular flexibility index (Phi) is 4.83. The minimum Gasteiger partial charge on any atom is -0.327 e. The second-order valence-corrected chi connectivity index (χ2v) is 6.83. The van der Waals surface area contributed by atoms with Crippen LogP contribution < -0.4 is 10.9 Å². The summed E-state index contributed by atoms with van der Waals surface area (Å²) < 4.78 is 16.7. The molecular weight excluding hydrogens is 297 g/mol. The lowest BCUT2D eigenvalue weighted by Crippen LogP contribution is -2.27. The average Bonchev–Trinajstić information content (AvgIpc) is 2.42. The third-order valence-electron chi connectivity index (χ3n) is 2.44. The highest BCUT2D eigenvalue weighted by Gasteiger charge is 2.26. The van der Waals surface area contributed by atoms with E-state index in [2.05, 4.69) is 4.98 Å². The second-order valence-electron chi connectivity index (χ2n) is 3.90. The second kappa shape index (κ2) is 6.41. The van der Waals surface area contributed by atoms with Gasteiger partial charge < -0.3 is 14.4 Å². The molecule has 1 heterocycles. The molecule has 0 bridgehead atoms. The maximum Gasteiger partial charge on any atom is 0.364 e. The van der Waals surface area contributed by atoms with Gasteiger partial charge in [0.15, 0.2) is 0 Å². The number of hydrogen-bond donors (Lipinski definition) is 2. The van der Waals surface area contributed by atoms with Crippen LogP contribution in [0.25, 0.3) is 0 Å². The van der Waals surface area contributed by atoms with E-state index in [0.717, 1.165) is 4.90 Å². The van der Waals surface area contributed by atoms with Crippen molar-refractivity contribution in [1.82, 2.24) is 4.98 Å². The molecule has 0 fully saturated rings. The molecule has 0 amide bonds. The van der Waals surface area contributed by atoms with Gasteiger partial charge in [-0.3, -0.25) is 9.36 Å². The topological polar surface area (TPSA) is 79.4 Å². The summed E-state index contributed by atoms with van der Waals surface area (Å²) in [7, 11) is -4.07. The van der Waals surface area contributed by atoms with Crippen molar-refractivity contribution in [3.8, 4) is 0 Å². The summed E-state index contributed by atoms with van der Waals surface area (Å²) in [6.07, 6.45) is 1.51. The third kappa shape index (κ3) is 3.61. The summed E-state index contributed by atoms with van der Waals surface area (Å²) in [6, 6.07) is 10.9. The molecule has 0 saturated heterocycles. The van der Waals surface area contributed by atoms with Gasteiger partial charge in [0, 0.05) is 16.0 Å². The predicted octanol–water partition coefficient (Wildman–Crippen LogP) is 2.37. The Bertz CT molecular complexity index is 686. The lowest BCUT2D eigenvalue weighted by atomic mass is 10.4. The molecule has 0 aliphatic heterocycles. The zero-order valence-corrected chi connectivity index (χ0v) is 12.5. The number of nitrogens with one attached hydrogen (secondary N) is 1. The fourth-order valence-electron chi connectivity index (χ4n) is 1.59. The van der Waals surface area contributed by atoms with Crippen LogP contribution >= 0.6 is 19.4 Å². The van der Waals surface area contributed by atoms with Crippen molar-refractivity contribution in [3.05, 3.63) is 52.9 Å². The monoisotopic (exact) mass is 311 g/mol. The fraction of sp³-hybridized carbons (Fsp3) is 0.154. The van der Waals surface area contributed by atoms with Crippen LogP contribution in [0.4, 0.5) is 0 Å². The number of benzene rings is 1. The van der Waals surface area contributed by atoms with Crippen LogP contribution in [0, 0.1) is 0 Å². The van der Waals surface area contributed by atoms with Gasteiger partial charge in [0.1, 0.15) is 5.30 Å². The Hall–Kier alpha value is -1.33. The Balaban J connectivity index is 2.34. The molecule has 106 valence electrons. The zero-order chi connectivity index (χ0) is 14.6. The zero-order valence-electron chi connectivity index (χ0n) is 10.8. The van der Waals surface area contributed by atoms with E-state index < -0.39 is 13.2 Å². The highest BCUT2D eigenvalue weighted by Crippen LogP contribution is 2.40. The van der Waals surface area contributed by atoms with Crippen molar-refractivity contribution < 1.29 is 14.0 Å². The number of pyridine rings is 1. The maximum absolute atomic E-state index is 11.9. The van der Waals surface area contributed by atoms with Gasteiger partial charge in [-0.05, 0) is 25.1 Å². The van der Waals surface area contributed by atoms with Crippen LogP contribution in [0.5, 0.6) is 0 Å². The summed E-state index contributed by atoms with van der Waals surface area (Å²) in [5.74, 6) is 0. The van der Waals surface area contributed by atoms with Crippen LogP contribution in [0.15, 0.2) is 57.2 Å². The minimum absolute atomic E-state index is 0.0588. The van der Waals surface area contributed by atoms with Gasteiger partial charge in [-0.1, -0.05) is 30.0 Å². The molecule has 1 aromatic heterocycles. The molecule has 2 aromatic rings. The molecule has 2 rings (SSSR count). The largest absolute Gasteiger partial charge is 0.364 e. The summed E-state index contributed by atoms with van der Waals surface area (Å²) in [5, 5.41) is -0.236. The Morgan fingerprint density at radius 2 is 2.00 bits per heavy atom. The Morgan fingerprint density at radius 3 is 2.65 bits per heavy atom. The SMILES string of the molecule is CCOP(=O)(O)c1cc(Sc2ccccc2)c[nH]c1=O. The summed E-state index contributed by atoms with van der Waals surface area (Å²) in [4.78, 5) is 25.5. The number of aromatic nitrogens is 1. The predicted molar refractivity (Wildman–Crippen MR) is 78.7 cm³/mol. The standard InChI is InChI=1S/C13H14NO4PS/c1-2-18-19(16,17)12-8-11(9-14-13(12)15)20-10-6-4-3-5-7-10/h3-9H,2H2,1H3,(H,14,15)(H,16,17). The minimum atomic E-state index is -4.07. The van der Waals surface area contributed by atoms with E-state index in [-0.39, 0.29) is 11.9 Å². The molecule has 0 spiro atoms. The van der Waals surface area contributed by atoms with Crippen molar-refractivity contribution in [3.63, 3.8) is 0 Å². The molecule has 1 aromatic carbocycles. The van der Waals surface area contributed by atoms with Crippen LogP contribution in [0.2, 0.25) is 0 Å². The molecule has 0 radical (unpaired) electrons. The smallest absolute Gasteiger partial charge is 0.327 e.